The van der Waals surface area contributed by atoms with Crippen LogP contribution in [0.25, 0.3) is 0 Å². The van der Waals surface area contributed by atoms with Gasteiger partial charge in [-0.1, -0.05) is 54.1 Å². The summed E-state index contributed by atoms with van der Waals surface area (Å²) in [5.74, 6) is -1.52. The molecule has 2 aromatic carbocycles. The van der Waals surface area contributed by atoms with Crippen LogP contribution in [0.2, 0.25) is 5.02 Å². The third-order valence-electron chi connectivity index (χ3n) is 5.75. The number of aromatic nitrogens is 2. The SMILES string of the molecule is COC(=O)c1ncn2c1C(=O)N(Cc1cccc(Cl)c1)C(C)(C(=O)NCc1ccccc1)C2. The van der Waals surface area contributed by atoms with E-state index in [0.29, 0.717) is 11.6 Å². The number of carbonyl (C=O) groups excluding carboxylic acids is 3. The first-order chi connectivity index (χ1) is 15.8. The van der Waals surface area contributed by atoms with Crippen molar-refractivity contribution in [2.24, 2.45) is 0 Å². The van der Waals surface area contributed by atoms with Crippen LogP contribution >= 0.6 is 11.6 Å². The molecule has 0 radical (unpaired) electrons. The van der Waals surface area contributed by atoms with Gasteiger partial charge in [-0.15, -0.1) is 0 Å². The summed E-state index contributed by atoms with van der Waals surface area (Å²) in [4.78, 5) is 44.8. The Hall–Kier alpha value is -3.65. The maximum Gasteiger partial charge on any atom is 0.359 e. The normalized spacial score (nSPS) is 17.4. The Balaban J connectivity index is 1.70. The number of ether oxygens (including phenoxy) is 1. The Bertz CT molecular complexity index is 1210. The fourth-order valence-electron chi connectivity index (χ4n) is 3.97. The van der Waals surface area contributed by atoms with Crippen molar-refractivity contribution >= 4 is 29.4 Å². The first kappa shape index (κ1) is 22.5. The fourth-order valence-corrected chi connectivity index (χ4v) is 4.18. The van der Waals surface area contributed by atoms with Crippen LogP contribution in [0, 0.1) is 0 Å². The van der Waals surface area contributed by atoms with E-state index in [9.17, 15) is 14.4 Å². The van der Waals surface area contributed by atoms with Crippen molar-refractivity contribution in [2.45, 2.75) is 32.1 Å². The van der Waals surface area contributed by atoms with Crippen LogP contribution in [0.5, 0.6) is 0 Å². The molecule has 0 bridgehead atoms. The number of nitrogens with zero attached hydrogens (tertiary/aromatic N) is 3. The lowest BCUT2D eigenvalue weighted by Gasteiger charge is -2.43. The summed E-state index contributed by atoms with van der Waals surface area (Å²) < 4.78 is 6.32. The molecule has 1 aliphatic rings. The number of imidazole rings is 1. The molecule has 1 atom stereocenters. The molecule has 8 nitrogen and oxygen atoms in total. The monoisotopic (exact) mass is 466 g/mol. The molecule has 0 fully saturated rings. The van der Waals surface area contributed by atoms with Crippen LogP contribution in [0.1, 0.15) is 39.0 Å². The second-order valence-corrected chi connectivity index (χ2v) is 8.46. The van der Waals surface area contributed by atoms with Gasteiger partial charge in [-0.05, 0) is 30.2 Å². The topological polar surface area (TPSA) is 93.5 Å². The molecular weight excluding hydrogens is 444 g/mol. The molecule has 0 spiro atoms. The van der Waals surface area contributed by atoms with E-state index in [1.807, 2.05) is 36.4 Å². The zero-order valence-electron chi connectivity index (χ0n) is 18.2. The molecule has 0 aliphatic carbocycles. The molecule has 1 aromatic heterocycles. The van der Waals surface area contributed by atoms with E-state index in [0.717, 1.165) is 11.1 Å². The summed E-state index contributed by atoms with van der Waals surface area (Å²) in [6.07, 6.45) is 1.39. The van der Waals surface area contributed by atoms with Crippen molar-refractivity contribution in [3.63, 3.8) is 0 Å². The van der Waals surface area contributed by atoms with Crippen molar-refractivity contribution in [3.8, 4) is 0 Å². The third-order valence-corrected chi connectivity index (χ3v) is 5.99. The Morgan fingerprint density at radius 3 is 2.58 bits per heavy atom. The molecule has 4 rings (SSSR count). The zero-order chi connectivity index (χ0) is 23.6. The molecule has 1 unspecified atom stereocenters. The van der Waals surface area contributed by atoms with Crippen LogP contribution in [0.4, 0.5) is 0 Å². The Labute approximate surface area is 196 Å². The largest absolute Gasteiger partial charge is 0.464 e. The molecule has 0 saturated carbocycles. The van der Waals surface area contributed by atoms with Gasteiger partial charge in [0.1, 0.15) is 11.2 Å². The number of amides is 2. The van der Waals surface area contributed by atoms with Gasteiger partial charge < -0.3 is 19.5 Å². The van der Waals surface area contributed by atoms with Crippen LogP contribution < -0.4 is 5.32 Å². The van der Waals surface area contributed by atoms with Crippen molar-refractivity contribution in [3.05, 3.63) is 88.5 Å². The molecular formula is C24H23ClN4O4. The highest BCUT2D eigenvalue weighted by atomic mass is 35.5. The number of rotatable bonds is 6. The van der Waals surface area contributed by atoms with Gasteiger partial charge in [-0.2, -0.15) is 0 Å². The molecule has 170 valence electrons. The molecule has 0 saturated heterocycles. The van der Waals surface area contributed by atoms with Crippen molar-refractivity contribution < 1.29 is 19.1 Å². The van der Waals surface area contributed by atoms with Gasteiger partial charge in [0, 0.05) is 18.1 Å². The minimum atomic E-state index is -1.24. The van der Waals surface area contributed by atoms with Gasteiger partial charge in [-0.3, -0.25) is 9.59 Å². The second kappa shape index (κ2) is 9.07. The standard InChI is InChI=1S/C24H23ClN4O4/c1-24(23(32)26-12-16-7-4-3-5-8-16)14-28-15-27-19(22(31)33-2)20(28)21(30)29(24)13-17-9-6-10-18(25)11-17/h3-11,15H,12-14H2,1-2H3,(H,26,32). The van der Waals surface area contributed by atoms with E-state index in [1.54, 1.807) is 25.1 Å². The summed E-state index contributed by atoms with van der Waals surface area (Å²) in [6.45, 7) is 2.27. The maximum absolute atomic E-state index is 13.6. The average Bonchev–Trinajstić information content (AvgIpc) is 3.24. The number of halogens is 1. The van der Waals surface area contributed by atoms with Gasteiger partial charge in [-0.25, -0.2) is 9.78 Å². The first-order valence-electron chi connectivity index (χ1n) is 10.4. The highest BCUT2D eigenvalue weighted by Crippen LogP contribution is 2.31. The van der Waals surface area contributed by atoms with Crippen LogP contribution in [0.3, 0.4) is 0 Å². The lowest BCUT2D eigenvalue weighted by molar-refractivity contribution is -0.133. The fraction of sp³-hybridized carbons (Fsp3) is 0.250. The molecule has 9 heteroatoms. The quantitative estimate of drug-likeness (QED) is 0.563. The number of hydrogen-bond donors (Lipinski definition) is 1. The maximum atomic E-state index is 13.6. The predicted octanol–water partition coefficient (Wildman–Crippen LogP) is 3.05. The minimum absolute atomic E-state index is 0.0784. The number of nitrogens with one attached hydrogen (secondary N) is 1. The second-order valence-electron chi connectivity index (χ2n) is 8.02. The van der Waals surface area contributed by atoms with E-state index in [1.165, 1.54) is 22.9 Å². The summed E-state index contributed by atoms with van der Waals surface area (Å²) in [7, 11) is 1.23. The predicted molar refractivity (Wildman–Crippen MR) is 122 cm³/mol. The van der Waals surface area contributed by atoms with E-state index < -0.39 is 17.4 Å². The van der Waals surface area contributed by atoms with Crippen molar-refractivity contribution in [1.29, 1.82) is 0 Å². The Morgan fingerprint density at radius 2 is 1.88 bits per heavy atom. The molecule has 2 heterocycles. The number of esters is 1. The third kappa shape index (κ3) is 4.34. The lowest BCUT2D eigenvalue weighted by atomic mass is 9.93. The Kier molecular flexibility index (Phi) is 6.20. The van der Waals surface area contributed by atoms with Crippen LogP contribution in [0.15, 0.2) is 60.9 Å². The van der Waals surface area contributed by atoms with Gasteiger partial charge in [0.25, 0.3) is 5.91 Å². The number of methoxy groups -OCH3 is 1. The first-order valence-corrected chi connectivity index (χ1v) is 10.7. The molecule has 1 N–H and O–H groups in total. The highest BCUT2D eigenvalue weighted by Gasteiger charge is 2.48. The van der Waals surface area contributed by atoms with E-state index in [-0.39, 0.29) is 30.4 Å². The van der Waals surface area contributed by atoms with E-state index in [2.05, 4.69) is 10.3 Å². The van der Waals surface area contributed by atoms with E-state index >= 15 is 0 Å². The summed E-state index contributed by atoms with van der Waals surface area (Å²) in [5, 5.41) is 3.46. The van der Waals surface area contributed by atoms with Gasteiger partial charge in [0.2, 0.25) is 5.91 Å². The van der Waals surface area contributed by atoms with Crippen LogP contribution in [-0.2, 0) is 29.2 Å². The summed E-state index contributed by atoms with van der Waals surface area (Å²) in [6, 6.07) is 16.6. The van der Waals surface area contributed by atoms with Gasteiger partial charge in [0.15, 0.2) is 5.69 Å². The molecule has 1 aliphatic heterocycles. The van der Waals surface area contributed by atoms with Crippen molar-refractivity contribution in [1.82, 2.24) is 19.8 Å². The average molecular weight is 467 g/mol. The van der Waals surface area contributed by atoms with Crippen LogP contribution in [-0.4, -0.2) is 44.9 Å². The summed E-state index contributed by atoms with van der Waals surface area (Å²) >= 11 is 6.14. The summed E-state index contributed by atoms with van der Waals surface area (Å²) in [5.41, 5.74) is 0.470. The number of fused-ring (bicyclic) bond motifs is 1. The number of hydrogen-bond acceptors (Lipinski definition) is 5. The minimum Gasteiger partial charge on any atom is -0.464 e. The molecule has 3 aromatic rings. The lowest BCUT2D eigenvalue weighted by Crippen LogP contribution is -2.63. The smallest absolute Gasteiger partial charge is 0.359 e. The number of carbonyl (C=O) groups is 3. The Morgan fingerprint density at radius 1 is 1.15 bits per heavy atom. The number of benzene rings is 2. The highest BCUT2D eigenvalue weighted by molar-refractivity contribution is 6.30. The van der Waals surface area contributed by atoms with Crippen molar-refractivity contribution in [2.75, 3.05) is 7.11 Å². The van der Waals surface area contributed by atoms with Gasteiger partial charge in [0.05, 0.1) is 20.0 Å². The molecule has 2 amide bonds. The molecule has 33 heavy (non-hydrogen) atoms. The van der Waals surface area contributed by atoms with Gasteiger partial charge >= 0.3 is 5.97 Å². The van der Waals surface area contributed by atoms with E-state index in [4.69, 9.17) is 16.3 Å². The zero-order valence-corrected chi connectivity index (χ0v) is 19.0.